The molecule has 0 aliphatic heterocycles. The number of benzene rings is 1. The fourth-order valence-electron chi connectivity index (χ4n) is 1.14. The Morgan fingerprint density at radius 1 is 1.33 bits per heavy atom. The molecule has 3 nitrogen and oxygen atoms in total. The van der Waals surface area contributed by atoms with Crippen molar-refractivity contribution in [2.75, 3.05) is 0 Å². The number of carboxylic acid groups (broad SMARTS) is 1. The average molecular weight is 223 g/mol. The Kier molecular flexibility index (Phi) is 2.47. The van der Waals surface area contributed by atoms with Gasteiger partial charge in [0, 0.05) is 5.56 Å². The van der Waals surface area contributed by atoms with E-state index >= 15 is 0 Å². The highest BCUT2D eigenvalue weighted by molar-refractivity contribution is 7.13. The minimum Gasteiger partial charge on any atom is -0.476 e. The first kappa shape index (κ1) is 9.79. The molecule has 0 aliphatic rings. The van der Waals surface area contributed by atoms with Gasteiger partial charge in [-0.3, -0.25) is 0 Å². The molecular weight excluding hydrogens is 217 g/mol. The number of aromatic nitrogens is 1. The van der Waals surface area contributed by atoms with Crippen molar-refractivity contribution in [1.29, 1.82) is 0 Å². The molecule has 0 atom stereocenters. The van der Waals surface area contributed by atoms with E-state index in [9.17, 15) is 9.18 Å². The average Bonchev–Trinajstić information content (AvgIpc) is 2.62. The third-order valence-electron chi connectivity index (χ3n) is 1.81. The summed E-state index contributed by atoms with van der Waals surface area (Å²) in [7, 11) is 0. The highest BCUT2D eigenvalue weighted by atomic mass is 32.1. The summed E-state index contributed by atoms with van der Waals surface area (Å²) < 4.78 is 13.1. The van der Waals surface area contributed by atoms with E-state index < -0.39 is 16.8 Å². The number of thiazole rings is 1. The topological polar surface area (TPSA) is 50.2 Å². The molecule has 5 heteroatoms. The third-order valence-corrected chi connectivity index (χ3v) is 2.70. The SMILES string of the molecule is O=C(O)c1nc(-c2ccccc2)sc1F. The van der Waals surface area contributed by atoms with Gasteiger partial charge in [-0.2, -0.15) is 4.39 Å². The number of hydrogen-bond donors (Lipinski definition) is 1. The summed E-state index contributed by atoms with van der Waals surface area (Å²) >= 11 is 0.737. The van der Waals surface area contributed by atoms with Crippen LogP contribution in [0, 0.1) is 5.13 Å². The molecular formula is C10H6FNO2S. The smallest absolute Gasteiger partial charge is 0.358 e. The summed E-state index contributed by atoms with van der Waals surface area (Å²) in [6.45, 7) is 0. The minimum atomic E-state index is -1.34. The Labute approximate surface area is 88.8 Å². The van der Waals surface area contributed by atoms with Crippen molar-refractivity contribution in [2.45, 2.75) is 0 Å². The molecule has 76 valence electrons. The lowest BCUT2D eigenvalue weighted by Crippen LogP contribution is -1.98. The second-order valence-electron chi connectivity index (χ2n) is 2.81. The van der Waals surface area contributed by atoms with E-state index in [4.69, 9.17) is 5.11 Å². The molecule has 1 aromatic carbocycles. The maximum absolute atomic E-state index is 13.1. The van der Waals surface area contributed by atoms with E-state index in [0.717, 1.165) is 11.3 Å². The fraction of sp³-hybridized carbons (Fsp3) is 0. The Balaban J connectivity index is 2.48. The summed E-state index contributed by atoms with van der Waals surface area (Å²) in [5.74, 6) is -1.34. The lowest BCUT2D eigenvalue weighted by atomic mass is 10.2. The first-order valence-corrected chi connectivity index (χ1v) is 4.95. The summed E-state index contributed by atoms with van der Waals surface area (Å²) in [5.41, 5.74) is 0.202. The number of hydrogen-bond acceptors (Lipinski definition) is 3. The monoisotopic (exact) mass is 223 g/mol. The van der Waals surface area contributed by atoms with Crippen LogP contribution in [0.3, 0.4) is 0 Å². The van der Waals surface area contributed by atoms with Crippen LogP contribution in [-0.2, 0) is 0 Å². The van der Waals surface area contributed by atoms with Gasteiger partial charge in [0.1, 0.15) is 5.01 Å². The molecule has 0 saturated heterocycles. The molecule has 2 rings (SSSR count). The predicted octanol–water partition coefficient (Wildman–Crippen LogP) is 2.65. The van der Waals surface area contributed by atoms with Gasteiger partial charge in [-0.25, -0.2) is 9.78 Å². The molecule has 2 aromatic rings. The van der Waals surface area contributed by atoms with Crippen LogP contribution in [0.15, 0.2) is 30.3 Å². The van der Waals surface area contributed by atoms with Crippen LogP contribution in [0.1, 0.15) is 10.5 Å². The van der Waals surface area contributed by atoms with Crippen molar-refractivity contribution in [3.8, 4) is 10.6 Å². The van der Waals surface area contributed by atoms with Crippen LogP contribution in [0.25, 0.3) is 10.6 Å². The van der Waals surface area contributed by atoms with Gasteiger partial charge in [0.05, 0.1) is 0 Å². The lowest BCUT2D eigenvalue weighted by molar-refractivity contribution is 0.0686. The van der Waals surface area contributed by atoms with Crippen molar-refractivity contribution in [3.05, 3.63) is 41.2 Å². The molecule has 0 bridgehead atoms. The van der Waals surface area contributed by atoms with Crippen LogP contribution in [0.5, 0.6) is 0 Å². The Morgan fingerprint density at radius 2 is 2.00 bits per heavy atom. The molecule has 1 N–H and O–H groups in total. The quantitative estimate of drug-likeness (QED) is 0.851. The molecule has 0 fully saturated rings. The first-order valence-electron chi connectivity index (χ1n) is 4.13. The molecule has 0 radical (unpaired) electrons. The van der Waals surface area contributed by atoms with E-state index in [0.29, 0.717) is 10.6 Å². The first-order chi connectivity index (χ1) is 7.18. The van der Waals surface area contributed by atoms with Crippen LogP contribution >= 0.6 is 11.3 Å². The maximum Gasteiger partial charge on any atom is 0.358 e. The molecule has 0 unspecified atom stereocenters. The van der Waals surface area contributed by atoms with E-state index in [2.05, 4.69) is 4.98 Å². The van der Waals surface area contributed by atoms with Crippen molar-refractivity contribution in [3.63, 3.8) is 0 Å². The fourth-order valence-corrected chi connectivity index (χ4v) is 1.93. The summed E-state index contributed by atoms with van der Waals surface area (Å²) in [5, 5.41) is 8.25. The van der Waals surface area contributed by atoms with Crippen LogP contribution in [0.2, 0.25) is 0 Å². The Hall–Kier alpha value is -1.75. The van der Waals surface area contributed by atoms with E-state index in [1.165, 1.54) is 0 Å². The van der Waals surface area contributed by atoms with E-state index in [-0.39, 0.29) is 0 Å². The summed E-state index contributed by atoms with van der Waals surface area (Å²) in [4.78, 5) is 14.3. The van der Waals surface area contributed by atoms with Gasteiger partial charge >= 0.3 is 5.97 Å². The van der Waals surface area contributed by atoms with Gasteiger partial charge < -0.3 is 5.11 Å². The zero-order valence-electron chi connectivity index (χ0n) is 7.48. The van der Waals surface area contributed by atoms with Gasteiger partial charge in [0.15, 0.2) is 5.69 Å². The number of rotatable bonds is 2. The maximum atomic E-state index is 13.1. The number of carbonyl (C=O) groups is 1. The van der Waals surface area contributed by atoms with E-state index in [1.54, 1.807) is 24.3 Å². The molecule has 0 saturated carbocycles. The van der Waals surface area contributed by atoms with Crippen molar-refractivity contribution < 1.29 is 14.3 Å². The Morgan fingerprint density at radius 3 is 2.53 bits per heavy atom. The highest BCUT2D eigenvalue weighted by Gasteiger charge is 2.17. The van der Waals surface area contributed by atoms with Crippen LogP contribution in [-0.4, -0.2) is 16.1 Å². The lowest BCUT2D eigenvalue weighted by Gasteiger charge is -1.92. The molecule has 1 aromatic heterocycles. The molecule has 15 heavy (non-hydrogen) atoms. The van der Waals surface area contributed by atoms with Gasteiger partial charge in [-0.15, -0.1) is 0 Å². The van der Waals surface area contributed by atoms with Gasteiger partial charge in [-0.05, 0) is 0 Å². The van der Waals surface area contributed by atoms with Crippen LogP contribution < -0.4 is 0 Å². The van der Waals surface area contributed by atoms with Crippen molar-refractivity contribution in [1.82, 2.24) is 4.98 Å². The molecule has 1 heterocycles. The molecule has 0 amide bonds. The Bertz CT molecular complexity index is 495. The molecule has 0 spiro atoms. The van der Waals surface area contributed by atoms with E-state index in [1.807, 2.05) is 6.07 Å². The number of aromatic carboxylic acids is 1. The summed E-state index contributed by atoms with van der Waals surface area (Å²) in [6, 6.07) is 8.91. The van der Waals surface area contributed by atoms with Gasteiger partial charge in [0.2, 0.25) is 5.13 Å². The van der Waals surface area contributed by atoms with Gasteiger partial charge in [0.25, 0.3) is 0 Å². The highest BCUT2D eigenvalue weighted by Crippen LogP contribution is 2.26. The normalized spacial score (nSPS) is 10.2. The summed E-state index contributed by atoms with van der Waals surface area (Å²) in [6.07, 6.45) is 0. The van der Waals surface area contributed by atoms with Crippen LogP contribution in [0.4, 0.5) is 4.39 Å². The zero-order chi connectivity index (χ0) is 10.8. The second kappa shape index (κ2) is 3.78. The molecule has 0 aliphatic carbocycles. The minimum absolute atomic E-state index is 0.380. The third kappa shape index (κ3) is 1.87. The van der Waals surface area contributed by atoms with Crippen molar-refractivity contribution in [2.24, 2.45) is 0 Å². The predicted molar refractivity (Wildman–Crippen MR) is 54.5 cm³/mol. The second-order valence-corrected chi connectivity index (χ2v) is 3.76. The zero-order valence-corrected chi connectivity index (χ0v) is 8.29. The standard InChI is InChI=1S/C10H6FNO2S/c11-8-7(10(13)14)12-9(15-8)6-4-2-1-3-5-6/h1-5H,(H,13,14). The number of halogens is 1. The number of carboxylic acids is 1. The largest absolute Gasteiger partial charge is 0.476 e. The van der Waals surface area contributed by atoms with Crippen molar-refractivity contribution >= 4 is 17.3 Å². The van der Waals surface area contributed by atoms with Gasteiger partial charge in [-0.1, -0.05) is 41.7 Å². The number of nitrogens with zero attached hydrogens (tertiary/aromatic N) is 1.